The second-order valence-electron chi connectivity index (χ2n) is 3.98. The van der Waals surface area contributed by atoms with Gasteiger partial charge in [0, 0.05) is 23.5 Å². The first-order valence-electron chi connectivity index (χ1n) is 5.18. The van der Waals surface area contributed by atoms with Gasteiger partial charge >= 0.3 is 0 Å². The maximum Gasteiger partial charge on any atom is 0.0450 e. The lowest BCUT2D eigenvalue weighted by atomic mass is 10.1. The molecule has 1 atom stereocenters. The molecule has 0 spiro atoms. The first-order valence-corrected chi connectivity index (χ1v) is 6.09. The number of benzene rings is 1. The molecule has 0 aliphatic rings. The van der Waals surface area contributed by atoms with Crippen LogP contribution in [0.2, 0.25) is 5.02 Å². The van der Waals surface area contributed by atoms with Gasteiger partial charge in [-0.2, -0.15) is 0 Å². The van der Waals surface area contributed by atoms with Gasteiger partial charge in [0.25, 0.3) is 0 Å². The van der Waals surface area contributed by atoms with Crippen molar-refractivity contribution in [2.45, 2.75) is 26.4 Å². The standard InChI is InChI=1S/C12H17Cl2N/c1-9(2)12(7-13)15-8-10-5-3-4-6-11(10)14/h3-6,9,12,15H,7-8H2,1-2H3. The van der Waals surface area contributed by atoms with E-state index in [9.17, 15) is 0 Å². The average molecular weight is 246 g/mol. The SMILES string of the molecule is CC(C)C(CCl)NCc1ccccc1Cl. The highest BCUT2D eigenvalue weighted by Gasteiger charge is 2.11. The van der Waals surface area contributed by atoms with Crippen LogP contribution in [0.3, 0.4) is 0 Å². The van der Waals surface area contributed by atoms with Gasteiger partial charge in [0.2, 0.25) is 0 Å². The predicted octanol–water partition coefficient (Wildman–Crippen LogP) is 3.69. The largest absolute Gasteiger partial charge is 0.308 e. The molecular weight excluding hydrogens is 229 g/mol. The number of rotatable bonds is 5. The molecule has 0 bridgehead atoms. The number of hydrogen-bond acceptors (Lipinski definition) is 1. The Labute approximate surface area is 102 Å². The smallest absolute Gasteiger partial charge is 0.0450 e. The molecule has 0 aliphatic carbocycles. The van der Waals surface area contributed by atoms with E-state index in [0.717, 1.165) is 17.1 Å². The minimum absolute atomic E-state index is 0.336. The zero-order chi connectivity index (χ0) is 11.3. The molecule has 3 heteroatoms. The van der Waals surface area contributed by atoms with Gasteiger partial charge in [-0.25, -0.2) is 0 Å². The molecule has 1 nitrogen and oxygen atoms in total. The molecule has 0 saturated heterocycles. The fourth-order valence-corrected chi connectivity index (χ4v) is 2.02. The summed E-state index contributed by atoms with van der Waals surface area (Å²) >= 11 is 11.9. The van der Waals surface area contributed by atoms with Crippen LogP contribution >= 0.6 is 23.2 Å². The Hall–Kier alpha value is -0.240. The van der Waals surface area contributed by atoms with E-state index in [2.05, 4.69) is 19.2 Å². The highest BCUT2D eigenvalue weighted by molar-refractivity contribution is 6.31. The van der Waals surface area contributed by atoms with Crippen LogP contribution in [0.5, 0.6) is 0 Å². The Balaban J connectivity index is 2.53. The van der Waals surface area contributed by atoms with Gasteiger partial charge < -0.3 is 5.32 Å². The summed E-state index contributed by atoms with van der Waals surface area (Å²) in [6.45, 7) is 5.09. The van der Waals surface area contributed by atoms with E-state index in [1.807, 2.05) is 24.3 Å². The third kappa shape index (κ3) is 4.02. The molecular formula is C12H17Cl2N. The Morgan fingerprint density at radius 1 is 1.27 bits per heavy atom. The van der Waals surface area contributed by atoms with E-state index in [-0.39, 0.29) is 0 Å². The van der Waals surface area contributed by atoms with E-state index in [1.54, 1.807) is 0 Å². The molecule has 1 rings (SSSR count). The van der Waals surface area contributed by atoms with E-state index in [4.69, 9.17) is 23.2 Å². The van der Waals surface area contributed by atoms with Gasteiger partial charge in [0.05, 0.1) is 0 Å². The number of halogens is 2. The second-order valence-corrected chi connectivity index (χ2v) is 4.69. The Bertz CT molecular complexity index is 299. The van der Waals surface area contributed by atoms with Gasteiger partial charge in [-0.05, 0) is 17.5 Å². The summed E-state index contributed by atoms with van der Waals surface area (Å²) in [5.41, 5.74) is 1.12. The first kappa shape index (κ1) is 12.8. The van der Waals surface area contributed by atoms with Crippen LogP contribution < -0.4 is 5.32 Å². The predicted molar refractivity (Wildman–Crippen MR) is 67.6 cm³/mol. The maximum atomic E-state index is 6.06. The summed E-state index contributed by atoms with van der Waals surface area (Å²) in [6, 6.07) is 8.20. The summed E-state index contributed by atoms with van der Waals surface area (Å²) in [5.74, 6) is 1.16. The van der Waals surface area contributed by atoms with Gasteiger partial charge in [-0.1, -0.05) is 43.6 Å². The Kier molecular flexibility index (Phi) is 5.44. The zero-order valence-electron chi connectivity index (χ0n) is 9.13. The van der Waals surface area contributed by atoms with Crippen molar-refractivity contribution in [3.8, 4) is 0 Å². The number of nitrogens with one attached hydrogen (secondary N) is 1. The minimum atomic E-state index is 0.336. The molecule has 0 amide bonds. The summed E-state index contributed by atoms with van der Waals surface area (Å²) in [4.78, 5) is 0. The molecule has 0 saturated carbocycles. The van der Waals surface area contributed by atoms with Crippen molar-refractivity contribution in [2.24, 2.45) is 5.92 Å². The number of hydrogen-bond donors (Lipinski definition) is 1. The first-order chi connectivity index (χ1) is 7.15. The van der Waals surface area contributed by atoms with Crippen LogP contribution in [0.1, 0.15) is 19.4 Å². The van der Waals surface area contributed by atoms with Crippen molar-refractivity contribution >= 4 is 23.2 Å². The van der Waals surface area contributed by atoms with Gasteiger partial charge in [0.15, 0.2) is 0 Å². The van der Waals surface area contributed by atoms with E-state index in [0.29, 0.717) is 17.8 Å². The highest BCUT2D eigenvalue weighted by Crippen LogP contribution is 2.15. The maximum absolute atomic E-state index is 6.06. The van der Waals surface area contributed by atoms with Crippen LogP contribution in [0.15, 0.2) is 24.3 Å². The van der Waals surface area contributed by atoms with Crippen LogP contribution in [-0.4, -0.2) is 11.9 Å². The molecule has 0 heterocycles. The monoisotopic (exact) mass is 245 g/mol. The Morgan fingerprint density at radius 3 is 2.47 bits per heavy atom. The lowest BCUT2D eigenvalue weighted by Gasteiger charge is -2.20. The van der Waals surface area contributed by atoms with Crippen LogP contribution in [0, 0.1) is 5.92 Å². The summed E-state index contributed by atoms with van der Waals surface area (Å²) in [6.07, 6.45) is 0. The summed E-state index contributed by atoms with van der Waals surface area (Å²) in [5, 5.41) is 4.22. The lowest BCUT2D eigenvalue weighted by molar-refractivity contribution is 0.430. The highest BCUT2D eigenvalue weighted by atomic mass is 35.5. The van der Waals surface area contributed by atoms with E-state index < -0.39 is 0 Å². The van der Waals surface area contributed by atoms with Gasteiger partial charge in [-0.15, -0.1) is 11.6 Å². The molecule has 0 aromatic heterocycles. The summed E-state index contributed by atoms with van der Waals surface area (Å²) in [7, 11) is 0. The van der Waals surface area contributed by atoms with Crippen molar-refractivity contribution in [1.29, 1.82) is 0 Å². The molecule has 1 unspecified atom stereocenters. The van der Waals surface area contributed by atoms with Crippen LogP contribution in [-0.2, 0) is 6.54 Å². The molecule has 1 aromatic carbocycles. The summed E-state index contributed by atoms with van der Waals surface area (Å²) < 4.78 is 0. The third-order valence-corrected chi connectivity index (χ3v) is 3.18. The fraction of sp³-hybridized carbons (Fsp3) is 0.500. The van der Waals surface area contributed by atoms with E-state index >= 15 is 0 Å². The van der Waals surface area contributed by atoms with Crippen molar-refractivity contribution < 1.29 is 0 Å². The Morgan fingerprint density at radius 2 is 1.93 bits per heavy atom. The second kappa shape index (κ2) is 6.37. The van der Waals surface area contributed by atoms with Crippen LogP contribution in [0.4, 0.5) is 0 Å². The van der Waals surface area contributed by atoms with Gasteiger partial charge in [0.1, 0.15) is 0 Å². The molecule has 84 valence electrons. The third-order valence-electron chi connectivity index (χ3n) is 2.48. The quantitative estimate of drug-likeness (QED) is 0.781. The van der Waals surface area contributed by atoms with Crippen molar-refractivity contribution in [2.75, 3.05) is 5.88 Å². The minimum Gasteiger partial charge on any atom is -0.308 e. The van der Waals surface area contributed by atoms with Crippen LogP contribution in [0.25, 0.3) is 0 Å². The van der Waals surface area contributed by atoms with Crippen molar-refractivity contribution in [3.05, 3.63) is 34.9 Å². The fourth-order valence-electron chi connectivity index (χ4n) is 1.35. The normalized spacial score (nSPS) is 13.1. The zero-order valence-corrected chi connectivity index (χ0v) is 10.6. The van der Waals surface area contributed by atoms with Gasteiger partial charge in [-0.3, -0.25) is 0 Å². The molecule has 0 fully saturated rings. The van der Waals surface area contributed by atoms with E-state index in [1.165, 1.54) is 0 Å². The van der Waals surface area contributed by atoms with Crippen molar-refractivity contribution in [1.82, 2.24) is 5.32 Å². The molecule has 1 aromatic rings. The molecule has 1 N–H and O–H groups in total. The molecule has 0 aliphatic heterocycles. The average Bonchev–Trinajstić information content (AvgIpc) is 2.21. The number of alkyl halides is 1. The topological polar surface area (TPSA) is 12.0 Å². The lowest BCUT2D eigenvalue weighted by Crippen LogP contribution is -2.34. The molecule has 15 heavy (non-hydrogen) atoms. The van der Waals surface area contributed by atoms with Crippen molar-refractivity contribution in [3.63, 3.8) is 0 Å². The molecule has 0 radical (unpaired) electrons.